The first-order chi connectivity index (χ1) is 10.2. The summed E-state index contributed by atoms with van der Waals surface area (Å²) in [6.45, 7) is 8.47. The molecular weight excluding hydrogens is 300 g/mol. The molecule has 1 unspecified atom stereocenters. The lowest BCUT2D eigenvalue weighted by atomic mass is 9.86. The molecule has 0 saturated carbocycles. The molecule has 2 saturated heterocycles. The Morgan fingerprint density at radius 3 is 2.82 bits per heavy atom. The molecule has 2 aliphatic rings. The van der Waals surface area contributed by atoms with Crippen LogP contribution in [-0.2, 0) is 6.54 Å². The number of nitrogens with zero attached hydrogens (tertiary/aromatic N) is 1. The molecule has 1 aromatic rings. The lowest BCUT2D eigenvalue weighted by Gasteiger charge is -2.23. The van der Waals surface area contributed by atoms with E-state index < -0.39 is 0 Å². The molecule has 1 spiro atoms. The lowest BCUT2D eigenvalue weighted by Crippen LogP contribution is -2.28. The third-order valence-corrected chi connectivity index (χ3v) is 4.78. The summed E-state index contributed by atoms with van der Waals surface area (Å²) in [6.07, 6.45) is 2.66. The fourth-order valence-electron chi connectivity index (χ4n) is 3.65. The van der Waals surface area contributed by atoms with Crippen LogP contribution in [0.25, 0.3) is 0 Å². The van der Waals surface area contributed by atoms with Crippen molar-refractivity contribution >= 4 is 12.4 Å². The fraction of sp³-hybridized carbons (Fsp3) is 0.647. The summed E-state index contributed by atoms with van der Waals surface area (Å²) in [4.78, 5) is 2.57. The Labute approximate surface area is 139 Å². The van der Waals surface area contributed by atoms with Crippen LogP contribution in [0.15, 0.2) is 18.2 Å². The van der Waals surface area contributed by atoms with Gasteiger partial charge in [0.1, 0.15) is 0 Å². The predicted octanol–water partition coefficient (Wildman–Crippen LogP) is 2.70. The van der Waals surface area contributed by atoms with Gasteiger partial charge in [0.15, 0.2) is 11.5 Å². The summed E-state index contributed by atoms with van der Waals surface area (Å²) in [5, 5.41) is 3.52. The third kappa shape index (κ3) is 3.67. The van der Waals surface area contributed by atoms with E-state index in [1.54, 1.807) is 7.11 Å². The Kier molecular flexibility index (Phi) is 5.95. The van der Waals surface area contributed by atoms with E-state index in [4.69, 9.17) is 9.47 Å². The number of methoxy groups -OCH3 is 1. The molecular formula is C17H27ClN2O2. The van der Waals surface area contributed by atoms with Crippen molar-refractivity contribution in [3.05, 3.63) is 23.8 Å². The van der Waals surface area contributed by atoms with Crippen LogP contribution in [0, 0.1) is 5.41 Å². The minimum Gasteiger partial charge on any atom is -0.493 e. The number of hydrogen-bond donors (Lipinski definition) is 1. The van der Waals surface area contributed by atoms with Crippen molar-refractivity contribution in [2.24, 2.45) is 5.41 Å². The van der Waals surface area contributed by atoms with E-state index in [1.165, 1.54) is 44.6 Å². The molecule has 2 heterocycles. The van der Waals surface area contributed by atoms with Gasteiger partial charge in [-0.3, -0.25) is 4.90 Å². The molecule has 0 aromatic heterocycles. The van der Waals surface area contributed by atoms with Crippen molar-refractivity contribution in [1.29, 1.82) is 0 Å². The second kappa shape index (κ2) is 7.53. The van der Waals surface area contributed by atoms with Crippen molar-refractivity contribution < 1.29 is 9.47 Å². The highest BCUT2D eigenvalue weighted by Gasteiger charge is 2.40. The van der Waals surface area contributed by atoms with Gasteiger partial charge < -0.3 is 14.8 Å². The van der Waals surface area contributed by atoms with Crippen LogP contribution in [0.1, 0.15) is 25.3 Å². The van der Waals surface area contributed by atoms with Crippen molar-refractivity contribution in [1.82, 2.24) is 10.2 Å². The molecule has 1 aromatic carbocycles. The topological polar surface area (TPSA) is 33.7 Å². The standard InChI is InChI=1S/C17H26N2O2.ClH/c1-3-21-16-10-14(4-5-15(16)20-2)11-19-9-7-17(13-19)6-8-18-12-17;/h4-5,10,18H,3,6-9,11-13H2,1-2H3;1H. The second-order valence-corrected chi connectivity index (χ2v) is 6.31. The quantitative estimate of drug-likeness (QED) is 0.902. The molecule has 124 valence electrons. The van der Waals surface area contributed by atoms with E-state index in [9.17, 15) is 0 Å². The zero-order valence-electron chi connectivity index (χ0n) is 13.6. The Balaban J connectivity index is 0.00000176. The minimum absolute atomic E-state index is 0. The van der Waals surface area contributed by atoms with E-state index in [0.717, 1.165) is 18.0 Å². The molecule has 0 aliphatic carbocycles. The first-order valence-corrected chi connectivity index (χ1v) is 7.97. The number of benzene rings is 1. The van der Waals surface area contributed by atoms with Crippen molar-refractivity contribution in [3.8, 4) is 11.5 Å². The molecule has 0 radical (unpaired) electrons. The molecule has 2 fully saturated rings. The van der Waals surface area contributed by atoms with Crippen molar-refractivity contribution in [2.45, 2.75) is 26.3 Å². The largest absolute Gasteiger partial charge is 0.493 e. The van der Waals surface area contributed by atoms with Gasteiger partial charge in [0.05, 0.1) is 13.7 Å². The fourth-order valence-corrected chi connectivity index (χ4v) is 3.65. The van der Waals surface area contributed by atoms with Crippen LogP contribution >= 0.6 is 12.4 Å². The Hall–Kier alpha value is -0.970. The third-order valence-electron chi connectivity index (χ3n) is 4.78. The predicted molar refractivity (Wildman–Crippen MR) is 91.2 cm³/mol. The summed E-state index contributed by atoms with van der Waals surface area (Å²) in [7, 11) is 1.69. The van der Waals surface area contributed by atoms with Gasteiger partial charge in [0.25, 0.3) is 0 Å². The van der Waals surface area contributed by atoms with Crippen LogP contribution in [0.3, 0.4) is 0 Å². The van der Waals surface area contributed by atoms with Gasteiger partial charge in [-0.15, -0.1) is 12.4 Å². The Morgan fingerprint density at radius 2 is 2.14 bits per heavy atom. The van der Waals surface area contributed by atoms with Gasteiger partial charge in [-0.25, -0.2) is 0 Å². The first kappa shape index (κ1) is 17.4. The maximum Gasteiger partial charge on any atom is 0.161 e. The van der Waals surface area contributed by atoms with Gasteiger partial charge in [0, 0.05) is 19.6 Å². The van der Waals surface area contributed by atoms with Crippen LogP contribution < -0.4 is 14.8 Å². The highest BCUT2D eigenvalue weighted by molar-refractivity contribution is 5.85. The number of hydrogen-bond acceptors (Lipinski definition) is 4. The van der Waals surface area contributed by atoms with E-state index in [-0.39, 0.29) is 12.4 Å². The molecule has 0 bridgehead atoms. The molecule has 3 rings (SSSR count). The summed E-state index contributed by atoms with van der Waals surface area (Å²) >= 11 is 0. The van der Waals surface area contributed by atoms with Crippen LogP contribution in [0.4, 0.5) is 0 Å². The summed E-state index contributed by atoms with van der Waals surface area (Å²) in [5.74, 6) is 1.67. The van der Waals surface area contributed by atoms with E-state index in [1.807, 2.05) is 13.0 Å². The smallest absolute Gasteiger partial charge is 0.161 e. The summed E-state index contributed by atoms with van der Waals surface area (Å²) in [5.41, 5.74) is 1.84. The van der Waals surface area contributed by atoms with E-state index in [0.29, 0.717) is 12.0 Å². The van der Waals surface area contributed by atoms with Gasteiger partial charge >= 0.3 is 0 Å². The lowest BCUT2D eigenvalue weighted by molar-refractivity contribution is 0.267. The number of nitrogens with one attached hydrogen (secondary N) is 1. The Bertz CT molecular complexity index is 490. The molecule has 5 heteroatoms. The van der Waals surface area contributed by atoms with E-state index in [2.05, 4.69) is 22.3 Å². The molecule has 1 atom stereocenters. The average Bonchev–Trinajstić information content (AvgIpc) is 3.10. The maximum atomic E-state index is 5.67. The minimum atomic E-state index is 0. The second-order valence-electron chi connectivity index (χ2n) is 6.31. The summed E-state index contributed by atoms with van der Waals surface area (Å²) in [6, 6.07) is 6.29. The highest BCUT2D eigenvalue weighted by Crippen LogP contribution is 2.37. The van der Waals surface area contributed by atoms with Gasteiger partial charge in [0.2, 0.25) is 0 Å². The summed E-state index contributed by atoms with van der Waals surface area (Å²) < 4.78 is 11.0. The number of ether oxygens (including phenoxy) is 2. The SMILES string of the molecule is CCOc1cc(CN2CCC3(CCNC3)C2)ccc1OC.Cl. The molecule has 0 amide bonds. The zero-order chi connectivity index (χ0) is 14.7. The van der Waals surface area contributed by atoms with Crippen LogP contribution in [0.5, 0.6) is 11.5 Å². The van der Waals surface area contributed by atoms with Gasteiger partial charge in [-0.1, -0.05) is 6.07 Å². The highest BCUT2D eigenvalue weighted by atomic mass is 35.5. The van der Waals surface area contributed by atoms with Crippen molar-refractivity contribution in [2.75, 3.05) is 39.9 Å². The maximum absolute atomic E-state index is 5.67. The van der Waals surface area contributed by atoms with Gasteiger partial charge in [-0.2, -0.15) is 0 Å². The molecule has 22 heavy (non-hydrogen) atoms. The van der Waals surface area contributed by atoms with Crippen molar-refractivity contribution in [3.63, 3.8) is 0 Å². The molecule has 4 nitrogen and oxygen atoms in total. The van der Waals surface area contributed by atoms with Gasteiger partial charge in [-0.05, 0) is 56.0 Å². The average molecular weight is 327 g/mol. The van der Waals surface area contributed by atoms with E-state index >= 15 is 0 Å². The normalized spacial score (nSPS) is 24.5. The number of rotatable bonds is 5. The number of likely N-dealkylation sites (tertiary alicyclic amines) is 1. The molecule has 1 N–H and O–H groups in total. The zero-order valence-corrected chi connectivity index (χ0v) is 14.4. The van der Waals surface area contributed by atoms with Crippen LogP contribution in [0.2, 0.25) is 0 Å². The molecule has 2 aliphatic heterocycles. The number of halogens is 1. The van der Waals surface area contributed by atoms with Crippen LogP contribution in [-0.4, -0.2) is 44.8 Å². The monoisotopic (exact) mass is 326 g/mol. The first-order valence-electron chi connectivity index (χ1n) is 7.97. The Morgan fingerprint density at radius 1 is 1.27 bits per heavy atom.